The van der Waals surface area contributed by atoms with Crippen molar-refractivity contribution in [3.63, 3.8) is 0 Å². The first kappa shape index (κ1) is 6.92. The average molecular weight is 100 g/mol. The standard InChI is InChI=1S/C5H12N2/c1-6(2)5-7(3)4/h1,3,5H2,2,4H3/q-2. The minimum absolute atomic E-state index is 0.806. The van der Waals surface area contributed by atoms with E-state index in [4.69, 9.17) is 0 Å². The molecule has 0 spiro atoms. The molecule has 0 aliphatic heterocycles. The second-order valence-corrected chi connectivity index (χ2v) is 1.85. The van der Waals surface area contributed by atoms with Gasteiger partial charge in [-0.2, -0.15) is 0 Å². The summed E-state index contributed by atoms with van der Waals surface area (Å²) < 4.78 is 0. The Kier molecular flexibility index (Phi) is 2.96. The third kappa shape index (κ3) is 5.92. The van der Waals surface area contributed by atoms with Gasteiger partial charge in [0.1, 0.15) is 0 Å². The van der Waals surface area contributed by atoms with Gasteiger partial charge in [0, 0.05) is 0 Å². The molecule has 0 aliphatic rings. The Morgan fingerprint density at radius 2 is 1.43 bits per heavy atom. The summed E-state index contributed by atoms with van der Waals surface area (Å²) in [7, 11) is 11.1. The van der Waals surface area contributed by atoms with Crippen LogP contribution < -0.4 is 0 Å². The molecule has 2 heteroatoms. The predicted molar refractivity (Wildman–Crippen MR) is 31.1 cm³/mol. The smallest absolute Gasteiger partial charge is 0.00529 e. The molecule has 0 atom stereocenters. The van der Waals surface area contributed by atoms with Crippen LogP contribution in [-0.4, -0.2) is 30.6 Å². The van der Waals surface area contributed by atoms with E-state index in [1.54, 1.807) is 0 Å². The van der Waals surface area contributed by atoms with Gasteiger partial charge in [-0.15, -0.1) is 0 Å². The van der Waals surface area contributed by atoms with E-state index in [1.807, 2.05) is 23.9 Å². The first-order valence-electron chi connectivity index (χ1n) is 2.16. The van der Waals surface area contributed by atoms with Crippen molar-refractivity contribution in [2.75, 3.05) is 20.8 Å². The number of hydrogen-bond acceptors (Lipinski definition) is 2. The van der Waals surface area contributed by atoms with Gasteiger partial charge in [0.15, 0.2) is 0 Å². The molecule has 0 aliphatic carbocycles. The summed E-state index contributed by atoms with van der Waals surface area (Å²) in [6, 6.07) is 0. The Balaban J connectivity index is 2.95. The highest BCUT2D eigenvalue weighted by atomic mass is 15.2. The maximum Gasteiger partial charge on any atom is -0.00529 e. The fourth-order valence-electron chi connectivity index (χ4n) is 0.412. The maximum absolute atomic E-state index is 3.63. The van der Waals surface area contributed by atoms with Crippen molar-refractivity contribution in [1.82, 2.24) is 9.80 Å². The lowest BCUT2D eigenvalue weighted by molar-refractivity contribution is 0.286. The Bertz CT molecular complexity index is 35.3. The monoisotopic (exact) mass is 100 g/mol. The highest BCUT2D eigenvalue weighted by molar-refractivity contribution is 4.45. The third-order valence-electron chi connectivity index (χ3n) is 0.483. The van der Waals surface area contributed by atoms with Gasteiger partial charge in [0.05, 0.1) is 0 Å². The molecule has 0 saturated carbocycles. The Morgan fingerprint density at radius 1 is 1.14 bits per heavy atom. The number of hydrogen-bond donors (Lipinski definition) is 0. The van der Waals surface area contributed by atoms with Crippen molar-refractivity contribution < 1.29 is 0 Å². The van der Waals surface area contributed by atoms with Crippen molar-refractivity contribution in [3.8, 4) is 0 Å². The lowest BCUT2D eigenvalue weighted by Gasteiger charge is -2.28. The second kappa shape index (κ2) is 2.99. The molecular weight excluding hydrogens is 88.1 g/mol. The van der Waals surface area contributed by atoms with Crippen LogP contribution in [0, 0.1) is 14.1 Å². The predicted octanol–water partition coefficient (Wildman–Crippen LogP) is 0.391. The zero-order chi connectivity index (χ0) is 5.86. The summed E-state index contributed by atoms with van der Waals surface area (Å²) in [6.45, 7) is 0.806. The second-order valence-electron chi connectivity index (χ2n) is 1.85. The normalized spacial score (nSPS) is 11.1. The van der Waals surface area contributed by atoms with Gasteiger partial charge >= 0.3 is 0 Å². The minimum atomic E-state index is 0.806. The first-order chi connectivity index (χ1) is 3.13. The molecule has 0 rings (SSSR count). The van der Waals surface area contributed by atoms with E-state index in [0.29, 0.717) is 0 Å². The number of rotatable bonds is 2. The first-order valence-corrected chi connectivity index (χ1v) is 2.16. The summed E-state index contributed by atoms with van der Waals surface area (Å²) in [5.41, 5.74) is 0. The average Bonchev–Trinajstić information content (AvgIpc) is 1.27. The van der Waals surface area contributed by atoms with Crippen molar-refractivity contribution in [3.05, 3.63) is 14.1 Å². The molecule has 0 unspecified atom stereocenters. The van der Waals surface area contributed by atoms with E-state index < -0.39 is 0 Å². The summed E-state index contributed by atoms with van der Waals surface area (Å²) in [5.74, 6) is 0. The van der Waals surface area contributed by atoms with E-state index in [9.17, 15) is 0 Å². The van der Waals surface area contributed by atoms with Gasteiger partial charge < -0.3 is 9.80 Å². The van der Waals surface area contributed by atoms with Crippen LogP contribution in [0.2, 0.25) is 0 Å². The molecule has 7 heavy (non-hydrogen) atoms. The Morgan fingerprint density at radius 3 is 1.43 bits per heavy atom. The van der Waals surface area contributed by atoms with Crippen molar-refractivity contribution in [2.24, 2.45) is 0 Å². The summed E-state index contributed by atoms with van der Waals surface area (Å²) in [4.78, 5) is 3.62. The zero-order valence-electron chi connectivity index (χ0n) is 5.02. The topological polar surface area (TPSA) is 6.48 Å². The van der Waals surface area contributed by atoms with Crippen molar-refractivity contribution >= 4 is 0 Å². The van der Waals surface area contributed by atoms with Crippen LogP contribution in [0.5, 0.6) is 0 Å². The van der Waals surface area contributed by atoms with Crippen molar-refractivity contribution in [1.29, 1.82) is 0 Å². The minimum Gasteiger partial charge on any atom is -0.452 e. The van der Waals surface area contributed by atoms with E-state index in [-0.39, 0.29) is 0 Å². The van der Waals surface area contributed by atoms with Crippen LogP contribution in [0.3, 0.4) is 0 Å². The van der Waals surface area contributed by atoms with Gasteiger partial charge in [-0.25, -0.2) is 0 Å². The van der Waals surface area contributed by atoms with Gasteiger partial charge in [-0.05, 0) is 20.8 Å². The highest BCUT2D eigenvalue weighted by Gasteiger charge is 1.75. The summed E-state index contributed by atoms with van der Waals surface area (Å²) >= 11 is 0. The lowest BCUT2D eigenvalue weighted by atomic mass is 10.8. The molecule has 0 saturated heterocycles. The van der Waals surface area contributed by atoms with Crippen molar-refractivity contribution in [2.45, 2.75) is 0 Å². The van der Waals surface area contributed by atoms with Gasteiger partial charge in [0.2, 0.25) is 0 Å². The van der Waals surface area contributed by atoms with Crippen LogP contribution in [0.25, 0.3) is 0 Å². The molecule has 0 aromatic heterocycles. The molecule has 44 valence electrons. The van der Waals surface area contributed by atoms with Gasteiger partial charge in [-0.1, -0.05) is 0 Å². The van der Waals surface area contributed by atoms with Crippen LogP contribution in [0.15, 0.2) is 0 Å². The zero-order valence-corrected chi connectivity index (χ0v) is 5.02. The number of nitrogens with zero attached hydrogens (tertiary/aromatic N) is 2. The molecule has 0 bridgehead atoms. The fraction of sp³-hybridized carbons (Fsp3) is 0.600. The fourth-order valence-corrected chi connectivity index (χ4v) is 0.412. The van der Waals surface area contributed by atoms with Gasteiger partial charge in [-0.3, -0.25) is 14.1 Å². The molecule has 0 aromatic rings. The van der Waals surface area contributed by atoms with Crippen LogP contribution >= 0.6 is 0 Å². The van der Waals surface area contributed by atoms with Gasteiger partial charge in [0.25, 0.3) is 0 Å². The Labute approximate surface area is 45.7 Å². The maximum atomic E-state index is 3.63. The third-order valence-corrected chi connectivity index (χ3v) is 0.483. The van der Waals surface area contributed by atoms with Crippen LogP contribution in [0.1, 0.15) is 0 Å². The molecule has 0 N–H and O–H groups in total. The molecule has 0 amide bonds. The van der Waals surface area contributed by atoms with E-state index in [2.05, 4.69) is 14.1 Å². The van der Waals surface area contributed by atoms with E-state index >= 15 is 0 Å². The van der Waals surface area contributed by atoms with Crippen LogP contribution in [-0.2, 0) is 0 Å². The molecule has 0 fully saturated rings. The van der Waals surface area contributed by atoms with Crippen LogP contribution in [0.4, 0.5) is 0 Å². The summed E-state index contributed by atoms with van der Waals surface area (Å²) in [5, 5.41) is 0. The molecule has 2 nitrogen and oxygen atoms in total. The molecule has 0 radical (unpaired) electrons. The van der Waals surface area contributed by atoms with E-state index in [1.165, 1.54) is 0 Å². The lowest BCUT2D eigenvalue weighted by Crippen LogP contribution is -2.23. The molecular formula is C5H12N2-2. The quantitative estimate of drug-likeness (QED) is 0.366. The SMILES string of the molecule is [CH2-]N(C)CN([CH2-])C. The highest BCUT2D eigenvalue weighted by Crippen LogP contribution is 1.78. The molecule has 0 heterocycles. The Hall–Kier alpha value is -0.0800. The molecule has 0 aromatic carbocycles. The summed E-state index contributed by atoms with van der Waals surface area (Å²) in [6.07, 6.45) is 0. The largest absolute Gasteiger partial charge is 0.452 e. The van der Waals surface area contributed by atoms with E-state index in [0.717, 1.165) is 6.67 Å².